The van der Waals surface area contributed by atoms with Crippen molar-refractivity contribution < 1.29 is 9.53 Å². The molecule has 0 radical (unpaired) electrons. The number of hydrogen-bond acceptors (Lipinski definition) is 3. The van der Waals surface area contributed by atoms with Crippen molar-refractivity contribution in [1.29, 1.82) is 0 Å². The third-order valence-corrected chi connectivity index (χ3v) is 4.16. The van der Waals surface area contributed by atoms with Crippen molar-refractivity contribution in [2.45, 2.75) is 53.9 Å². The molecule has 1 heterocycles. The average Bonchev–Trinajstić information content (AvgIpc) is 2.43. The second-order valence-electron chi connectivity index (χ2n) is 5.79. The molecule has 1 unspecified atom stereocenters. The summed E-state index contributed by atoms with van der Waals surface area (Å²) < 4.78 is 5.48. The van der Waals surface area contributed by atoms with Crippen LogP contribution in [0.2, 0.25) is 0 Å². The maximum absolute atomic E-state index is 11.4. The third kappa shape index (κ3) is 2.92. The first kappa shape index (κ1) is 15.5. The Labute approximate surface area is 126 Å². The minimum Gasteiger partial charge on any atom is -0.426 e. The Morgan fingerprint density at radius 1 is 1.29 bits per heavy atom. The zero-order valence-electron chi connectivity index (χ0n) is 13.7. The summed E-state index contributed by atoms with van der Waals surface area (Å²) in [5.74, 6) is 0.828. The molecule has 0 saturated heterocycles. The first-order chi connectivity index (χ1) is 9.85. The lowest BCUT2D eigenvalue weighted by Gasteiger charge is -2.16. The van der Waals surface area contributed by atoms with Crippen molar-refractivity contribution in [2.75, 3.05) is 0 Å². The Kier molecular flexibility index (Phi) is 4.31. The van der Waals surface area contributed by atoms with Gasteiger partial charge in [0.25, 0.3) is 0 Å². The van der Waals surface area contributed by atoms with E-state index in [0.29, 0.717) is 11.7 Å². The lowest BCUT2D eigenvalue weighted by Crippen LogP contribution is -2.06. The second kappa shape index (κ2) is 5.84. The molecule has 3 nitrogen and oxygen atoms in total. The Morgan fingerprint density at radius 2 is 1.95 bits per heavy atom. The lowest BCUT2D eigenvalue weighted by atomic mass is 9.94. The van der Waals surface area contributed by atoms with Gasteiger partial charge in [-0.05, 0) is 50.3 Å². The molecule has 0 bridgehead atoms. The molecule has 3 heteroatoms. The normalized spacial score (nSPS) is 12.5. The van der Waals surface area contributed by atoms with Gasteiger partial charge in [0.05, 0.1) is 5.52 Å². The molecule has 21 heavy (non-hydrogen) atoms. The van der Waals surface area contributed by atoms with E-state index in [4.69, 9.17) is 4.74 Å². The van der Waals surface area contributed by atoms with Gasteiger partial charge in [-0.25, -0.2) is 0 Å². The maximum atomic E-state index is 11.4. The number of aromatic nitrogens is 1. The van der Waals surface area contributed by atoms with E-state index in [2.05, 4.69) is 37.9 Å². The SMILES string of the molecule is CCC(C)c1cc(C)c2nc(C)c(C)c(OC(C)=O)c2c1. The summed E-state index contributed by atoms with van der Waals surface area (Å²) in [7, 11) is 0. The predicted octanol–water partition coefficient (Wildman–Crippen LogP) is 4.60. The van der Waals surface area contributed by atoms with Crippen LogP contribution in [0.5, 0.6) is 5.75 Å². The highest BCUT2D eigenvalue weighted by molar-refractivity contribution is 5.91. The quantitative estimate of drug-likeness (QED) is 0.774. The number of ether oxygens (including phenoxy) is 1. The van der Waals surface area contributed by atoms with Gasteiger partial charge in [-0.1, -0.05) is 19.9 Å². The van der Waals surface area contributed by atoms with Crippen molar-refractivity contribution >= 4 is 16.9 Å². The van der Waals surface area contributed by atoms with Crippen LogP contribution in [0.15, 0.2) is 12.1 Å². The molecule has 0 aliphatic rings. The summed E-state index contributed by atoms with van der Waals surface area (Å²) in [5, 5.41) is 0.934. The molecule has 0 N–H and O–H groups in total. The van der Waals surface area contributed by atoms with Crippen LogP contribution in [-0.4, -0.2) is 11.0 Å². The smallest absolute Gasteiger partial charge is 0.308 e. The van der Waals surface area contributed by atoms with Crippen molar-refractivity contribution in [1.82, 2.24) is 4.98 Å². The van der Waals surface area contributed by atoms with Gasteiger partial charge in [-0.15, -0.1) is 0 Å². The number of nitrogens with zero attached hydrogens (tertiary/aromatic N) is 1. The van der Waals surface area contributed by atoms with E-state index in [9.17, 15) is 4.79 Å². The maximum Gasteiger partial charge on any atom is 0.308 e. The van der Waals surface area contributed by atoms with Crippen LogP contribution in [0.1, 0.15) is 55.5 Å². The molecule has 2 aromatic rings. The zero-order valence-corrected chi connectivity index (χ0v) is 13.7. The number of pyridine rings is 1. The summed E-state index contributed by atoms with van der Waals surface area (Å²) >= 11 is 0. The predicted molar refractivity (Wildman–Crippen MR) is 86.0 cm³/mol. The van der Waals surface area contributed by atoms with E-state index < -0.39 is 0 Å². The molecule has 0 spiro atoms. The lowest BCUT2D eigenvalue weighted by molar-refractivity contribution is -0.131. The van der Waals surface area contributed by atoms with E-state index in [-0.39, 0.29) is 5.97 Å². The van der Waals surface area contributed by atoms with Gasteiger partial charge >= 0.3 is 5.97 Å². The molecule has 0 aliphatic heterocycles. The molecule has 1 aromatic carbocycles. The Balaban J connectivity index is 2.80. The van der Waals surface area contributed by atoms with Gasteiger partial charge in [0.1, 0.15) is 5.75 Å². The van der Waals surface area contributed by atoms with Crippen molar-refractivity contribution in [2.24, 2.45) is 0 Å². The second-order valence-corrected chi connectivity index (χ2v) is 5.79. The van der Waals surface area contributed by atoms with Gasteiger partial charge in [-0.2, -0.15) is 0 Å². The molecular weight excluding hydrogens is 262 g/mol. The summed E-state index contributed by atoms with van der Waals surface area (Å²) in [6.45, 7) is 11.8. The molecule has 0 saturated carbocycles. The fourth-order valence-corrected chi connectivity index (χ4v) is 2.54. The van der Waals surface area contributed by atoms with Crippen molar-refractivity contribution in [3.63, 3.8) is 0 Å². The fourth-order valence-electron chi connectivity index (χ4n) is 2.54. The molecule has 1 aromatic heterocycles. The van der Waals surface area contributed by atoms with Gasteiger partial charge in [-0.3, -0.25) is 9.78 Å². The molecular formula is C18H23NO2. The van der Waals surface area contributed by atoms with Crippen molar-refractivity contribution in [3.8, 4) is 5.75 Å². The van der Waals surface area contributed by atoms with Crippen LogP contribution in [0.3, 0.4) is 0 Å². The number of benzene rings is 1. The number of esters is 1. The van der Waals surface area contributed by atoms with Gasteiger partial charge < -0.3 is 4.74 Å². The topological polar surface area (TPSA) is 39.2 Å². The zero-order chi connectivity index (χ0) is 15.7. The van der Waals surface area contributed by atoms with E-state index in [1.165, 1.54) is 12.5 Å². The number of hydrogen-bond donors (Lipinski definition) is 0. The van der Waals surface area contributed by atoms with E-state index in [1.54, 1.807) is 0 Å². The van der Waals surface area contributed by atoms with Gasteiger partial charge in [0.15, 0.2) is 0 Å². The monoisotopic (exact) mass is 285 g/mol. The molecule has 1 atom stereocenters. The molecule has 2 rings (SSSR count). The van der Waals surface area contributed by atoms with E-state index >= 15 is 0 Å². The molecule has 0 amide bonds. The van der Waals surface area contributed by atoms with E-state index in [0.717, 1.165) is 34.1 Å². The number of carbonyl (C=O) groups is 1. The minimum atomic E-state index is -0.295. The van der Waals surface area contributed by atoms with Crippen LogP contribution in [0.4, 0.5) is 0 Å². The molecule has 112 valence electrons. The number of carbonyl (C=O) groups excluding carboxylic acids is 1. The Bertz CT molecular complexity index is 704. The van der Waals surface area contributed by atoms with Crippen LogP contribution in [0, 0.1) is 20.8 Å². The first-order valence-electron chi connectivity index (χ1n) is 7.45. The highest BCUT2D eigenvalue weighted by Crippen LogP contribution is 2.35. The van der Waals surface area contributed by atoms with Crippen LogP contribution < -0.4 is 4.74 Å². The largest absolute Gasteiger partial charge is 0.426 e. The third-order valence-electron chi connectivity index (χ3n) is 4.16. The van der Waals surface area contributed by atoms with E-state index in [1.807, 2.05) is 13.8 Å². The fraction of sp³-hybridized carbons (Fsp3) is 0.444. The number of aryl methyl sites for hydroxylation is 2. The van der Waals surface area contributed by atoms with Gasteiger partial charge in [0, 0.05) is 23.6 Å². The summed E-state index contributed by atoms with van der Waals surface area (Å²) in [6.07, 6.45) is 1.08. The van der Waals surface area contributed by atoms with Crippen LogP contribution >= 0.6 is 0 Å². The van der Waals surface area contributed by atoms with Crippen LogP contribution in [0.25, 0.3) is 10.9 Å². The summed E-state index contributed by atoms with van der Waals surface area (Å²) in [6, 6.07) is 4.31. The molecule has 0 fully saturated rings. The van der Waals surface area contributed by atoms with Crippen molar-refractivity contribution in [3.05, 3.63) is 34.5 Å². The molecule has 0 aliphatic carbocycles. The highest BCUT2D eigenvalue weighted by Gasteiger charge is 2.16. The van der Waals surface area contributed by atoms with Crippen LogP contribution in [-0.2, 0) is 4.79 Å². The number of rotatable bonds is 3. The highest BCUT2D eigenvalue weighted by atomic mass is 16.5. The first-order valence-corrected chi connectivity index (χ1v) is 7.45. The minimum absolute atomic E-state index is 0.295. The van der Waals surface area contributed by atoms with Gasteiger partial charge in [0.2, 0.25) is 0 Å². The number of fused-ring (bicyclic) bond motifs is 1. The Morgan fingerprint density at radius 3 is 2.52 bits per heavy atom. The summed E-state index contributed by atoms with van der Waals surface area (Å²) in [4.78, 5) is 16.1. The summed E-state index contributed by atoms with van der Waals surface area (Å²) in [5.41, 5.74) is 5.14. The Hall–Kier alpha value is -1.90. The standard InChI is InChI=1S/C18H23NO2/c1-7-10(2)15-8-11(3)17-16(9-15)18(21-14(6)20)12(4)13(5)19-17/h8-10H,7H2,1-6H3. The average molecular weight is 285 g/mol.